The van der Waals surface area contributed by atoms with Crippen molar-refractivity contribution in [1.82, 2.24) is 19.6 Å². The fourth-order valence-corrected chi connectivity index (χ4v) is 2.56. The number of anilines is 1. The van der Waals surface area contributed by atoms with Gasteiger partial charge in [0.25, 0.3) is 17.0 Å². The third-order valence-corrected chi connectivity index (χ3v) is 4.12. The van der Waals surface area contributed by atoms with Crippen LogP contribution < -0.4 is 16.9 Å². The first-order valence-electron chi connectivity index (χ1n) is 7.74. The SMILES string of the molecule is Nc1cc(=O)n(C(=O)Cn2[nH]c(C(F)(F)F)c(N=Nc3ccc(Br)cc3)c2=O)[nH]1. The second-order valence-electron chi connectivity index (χ2n) is 5.68. The lowest BCUT2D eigenvalue weighted by Gasteiger charge is -2.04. The number of alkyl halides is 3. The van der Waals surface area contributed by atoms with Gasteiger partial charge in [0, 0.05) is 10.5 Å². The number of rotatable bonds is 4. The number of H-pyrrole nitrogens is 2. The quantitative estimate of drug-likeness (QED) is 0.500. The van der Waals surface area contributed by atoms with Crippen molar-refractivity contribution in [3.8, 4) is 0 Å². The number of carbonyl (C=O) groups excluding carboxylic acids is 1. The molecule has 0 spiro atoms. The molecule has 1 aromatic carbocycles. The minimum absolute atomic E-state index is 0.123. The van der Waals surface area contributed by atoms with E-state index in [4.69, 9.17) is 5.73 Å². The van der Waals surface area contributed by atoms with Crippen LogP contribution in [-0.4, -0.2) is 25.5 Å². The molecule has 2 heterocycles. The molecule has 29 heavy (non-hydrogen) atoms. The molecule has 0 saturated carbocycles. The van der Waals surface area contributed by atoms with Gasteiger partial charge in [0.15, 0.2) is 11.4 Å². The van der Waals surface area contributed by atoms with Crippen molar-refractivity contribution < 1.29 is 18.0 Å². The minimum Gasteiger partial charge on any atom is -0.384 e. The summed E-state index contributed by atoms with van der Waals surface area (Å²) in [5.74, 6) is -1.14. The molecule has 2 aromatic heterocycles. The fourth-order valence-electron chi connectivity index (χ4n) is 2.30. The number of hydrogen-bond acceptors (Lipinski definition) is 6. The number of azo groups is 1. The van der Waals surface area contributed by atoms with Gasteiger partial charge in [-0.1, -0.05) is 15.9 Å². The van der Waals surface area contributed by atoms with Crippen molar-refractivity contribution in [2.75, 3.05) is 5.73 Å². The number of aromatic nitrogens is 4. The Labute approximate surface area is 166 Å². The topological polar surface area (TPSA) is 143 Å². The number of nitrogen functional groups attached to an aromatic ring is 1. The Morgan fingerprint density at radius 3 is 2.34 bits per heavy atom. The molecule has 0 atom stereocenters. The van der Waals surface area contributed by atoms with Gasteiger partial charge in [0.1, 0.15) is 12.4 Å². The number of nitrogens with two attached hydrogens (primary N) is 1. The molecule has 0 saturated heterocycles. The third-order valence-electron chi connectivity index (χ3n) is 3.59. The number of hydrogen-bond donors (Lipinski definition) is 3. The summed E-state index contributed by atoms with van der Waals surface area (Å²) in [4.78, 5) is 36.1. The summed E-state index contributed by atoms with van der Waals surface area (Å²) >= 11 is 3.20. The number of nitrogens with one attached hydrogen (secondary N) is 2. The summed E-state index contributed by atoms with van der Waals surface area (Å²) in [5, 5.41) is 11.1. The summed E-state index contributed by atoms with van der Waals surface area (Å²) in [6.07, 6.45) is -4.96. The van der Waals surface area contributed by atoms with E-state index >= 15 is 0 Å². The van der Waals surface area contributed by atoms with Crippen LogP contribution in [0.3, 0.4) is 0 Å². The van der Waals surface area contributed by atoms with Crippen molar-refractivity contribution >= 4 is 39.0 Å². The number of nitrogens with zero attached hydrogens (tertiary/aromatic N) is 4. The maximum atomic E-state index is 13.3. The lowest BCUT2D eigenvalue weighted by Crippen LogP contribution is -2.31. The molecule has 3 rings (SSSR count). The monoisotopic (exact) mass is 473 g/mol. The van der Waals surface area contributed by atoms with E-state index in [1.165, 1.54) is 12.1 Å². The Hall–Kier alpha value is -3.42. The molecule has 0 unspecified atom stereocenters. The molecule has 4 N–H and O–H groups in total. The van der Waals surface area contributed by atoms with Crippen LogP contribution in [0.4, 0.5) is 30.4 Å². The van der Waals surface area contributed by atoms with Crippen molar-refractivity contribution in [2.24, 2.45) is 10.2 Å². The van der Waals surface area contributed by atoms with Crippen LogP contribution >= 0.6 is 15.9 Å². The number of aromatic amines is 2. The van der Waals surface area contributed by atoms with E-state index < -0.39 is 41.1 Å². The van der Waals surface area contributed by atoms with Gasteiger partial charge in [-0.25, -0.2) is 4.68 Å². The van der Waals surface area contributed by atoms with E-state index in [0.717, 1.165) is 10.5 Å². The largest absolute Gasteiger partial charge is 0.435 e. The van der Waals surface area contributed by atoms with Gasteiger partial charge in [-0.05, 0) is 24.3 Å². The zero-order valence-corrected chi connectivity index (χ0v) is 15.8. The van der Waals surface area contributed by atoms with Crippen molar-refractivity contribution in [1.29, 1.82) is 0 Å². The molecule has 10 nitrogen and oxygen atoms in total. The molecule has 0 bridgehead atoms. The summed E-state index contributed by atoms with van der Waals surface area (Å²) in [7, 11) is 0. The predicted octanol–water partition coefficient (Wildman–Crippen LogP) is 2.79. The normalized spacial score (nSPS) is 12.0. The summed E-state index contributed by atoms with van der Waals surface area (Å²) in [6.45, 7) is -0.893. The van der Waals surface area contributed by atoms with Gasteiger partial charge in [-0.3, -0.25) is 24.6 Å². The van der Waals surface area contributed by atoms with Gasteiger partial charge in [0.2, 0.25) is 0 Å². The van der Waals surface area contributed by atoms with Crippen LogP contribution in [0.5, 0.6) is 0 Å². The Bertz CT molecular complexity index is 1200. The average Bonchev–Trinajstić information content (AvgIpc) is 3.13. The molecule has 152 valence electrons. The molecule has 14 heteroatoms. The van der Waals surface area contributed by atoms with E-state index in [9.17, 15) is 27.6 Å². The highest BCUT2D eigenvalue weighted by Gasteiger charge is 2.38. The number of halogens is 4. The lowest BCUT2D eigenvalue weighted by atomic mass is 10.3. The highest BCUT2D eigenvalue weighted by Crippen LogP contribution is 2.33. The minimum atomic E-state index is -4.96. The van der Waals surface area contributed by atoms with Crippen LogP contribution in [0.2, 0.25) is 0 Å². The first kappa shape index (κ1) is 20.3. The molecule has 0 aliphatic carbocycles. The number of carbonyl (C=O) groups is 1. The van der Waals surface area contributed by atoms with Crippen molar-refractivity contribution in [3.63, 3.8) is 0 Å². The van der Waals surface area contributed by atoms with Crippen molar-refractivity contribution in [2.45, 2.75) is 12.7 Å². The van der Waals surface area contributed by atoms with Gasteiger partial charge in [-0.15, -0.1) is 5.11 Å². The van der Waals surface area contributed by atoms with Crippen LogP contribution in [-0.2, 0) is 12.7 Å². The second-order valence-corrected chi connectivity index (χ2v) is 6.60. The summed E-state index contributed by atoms with van der Waals surface area (Å²) in [5.41, 5.74) is 0.995. The molecule has 0 fully saturated rings. The van der Waals surface area contributed by atoms with Gasteiger partial charge in [-0.2, -0.15) is 23.0 Å². The highest BCUT2D eigenvalue weighted by molar-refractivity contribution is 9.10. The first-order chi connectivity index (χ1) is 13.6. The Morgan fingerprint density at radius 2 is 1.79 bits per heavy atom. The van der Waals surface area contributed by atoms with E-state index in [2.05, 4.69) is 31.3 Å². The molecule has 3 aromatic rings. The molecule has 0 amide bonds. The average molecular weight is 474 g/mol. The zero-order chi connectivity index (χ0) is 21.3. The summed E-state index contributed by atoms with van der Waals surface area (Å²) in [6, 6.07) is 7.03. The van der Waals surface area contributed by atoms with Gasteiger partial charge < -0.3 is 5.73 Å². The Kier molecular flexibility index (Phi) is 5.28. The van der Waals surface area contributed by atoms with Crippen molar-refractivity contribution in [3.05, 3.63) is 61.2 Å². The maximum absolute atomic E-state index is 13.3. The van der Waals surface area contributed by atoms with E-state index in [0.29, 0.717) is 9.36 Å². The van der Waals surface area contributed by atoms with Crippen LogP contribution in [0, 0.1) is 0 Å². The lowest BCUT2D eigenvalue weighted by molar-refractivity contribution is -0.141. The van der Waals surface area contributed by atoms with Crippen LogP contribution in [0.1, 0.15) is 10.5 Å². The van der Waals surface area contributed by atoms with Gasteiger partial charge >= 0.3 is 6.18 Å². The van der Waals surface area contributed by atoms with Gasteiger partial charge in [0.05, 0.1) is 5.69 Å². The van der Waals surface area contributed by atoms with Crippen LogP contribution in [0.25, 0.3) is 0 Å². The second kappa shape index (κ2) is 7.54. The third kappa shape index (κ3) is 4.37. The molecule has 0 aliphatic heterocycles. The molecular weight excluding hydrogens is 463 g/mol. The maximum Gasteiger partial charge on any atom is 0.435 e. The Morgan fingerprint density at radius 1 is 1.14 bits per heavy atom. The first-order valence-corrected chi connectivity index (χ1v) is 8.53. The summed E-state index contributed by atoms with van der Waals surface area (Å²) < 4.78 is 41.5. The zero-order valence-electron chi connectivity index (χ0n) is 14.2. The molecular formula is C15H11BrF3N7O3. The fraction of sp³-hybridized carbons (Fsp3) is 0.133. The van der Waals surface area contributed by atoms with E-state index in [1.54, 1.807) is 17.2 Å². The smallest absolute Gasteiger partial charge is 0.384 e. The molecule has 0 aliphatic rings. The van der Waals surface area contributed by atoms with E-state index in [1.807, 2.05) is 0 Å². The van der Waals surface area contributed by atoms with Crippen LogP contribution in [0.15, 0.2) is 54.6 Å². The Balaban J connectivity index is 1.98. The highest BCUT2D eigenvalue weighted by atomic mass is 79.9. The predicted molar refractivity (Wildman–Crippen MR) is 98.5 cm³/mol. The standard InChI is InChI=1S/C15H11BrF3N7O3/c16-7-1-3-8(4-2-7)21-22-12-13(15(17,18)19)24-25(14(12)29)6-11(28)26-10(27)5-9(20)23-26/h1-5,23-24H,6,20H2. The van der Waals surface area contributed by atoms with E-state index in [-0.39, 0.29) is 11.5 Å². The number of benzene rings is 1. The molecule has 0 radical (unpaired) electrons.